The minimum atomic E-state index is -0.164. The average Bonchev–Trinajstić information content (AvgIpc) is 2.56. The van der Waals surface area contributed by atoms with Gasteiger partial charge >= 0.3 is 6.03 Å². The molecule has 2 aromatic rings. The first-order chi connectivity index (χ1) is 11.6. The maximum absolute atomic E-state index is 11.7. The number of halogens is 2. The largest absolute Gasteiger partial charge is 0.492 e. The van der Waals surface area contributed by atoms with Crippen LogP contribution in [0.15, 0.2) is 53.0 Å². The van der Waals surface area contributed by atoms with Gasteiger partial charge in [0.15, 0.2) is 0 Å². The monoisotopic (exact) mass is 410 g/mol. The molecule has 0 heterocycles. The van der Waals surface area contributed by atoms with Crippen LogP contribution in [0.5, 0.6) is 5.75 Å². The lowest BCUT2D eigenvalue weighted by atomic mass is 10.1. The SMILES string of the molecule is O=C(NCCCOc1ccccc1Cl)NCCc1cccc(Br)c1. The average molecular weight is 412 g/mol. The van der Waals surface area contributed by atoms with Crippen molar-refractivity contribution in [3.05, 3.63) is 63.6 Å². The zero-order valence-corrected chi connectivity index (χ0v) is 15.6. The van der Waals surface area contributed by atoms with Crippen LogP contribution >= 0.6 is 27.5 Å². The van der Waals surface area contributed by atoms with Crippen LogP contribution in [-0.4, -0.2) is 25.7 Å². The lowest BCUT2D eigenvalue weighted by Crippen LogP contribution is -2.37. The van der Waals surface area contributed by atoms with Gasteiger partial charge in [0, 0.05) is 17.6 Å². The van der Waals surface area contributed by atoms with E-state index in [0.29, 0.717) is 36.9 Å². The third-order valence-electron chi connectivity index (χ3n) is 3.29. The molecular formula is C18H20BrClN2O2. The summed E-state index contributed by atoms with van der Waals surface area (Å²) in [5, 5.41) is 6.24. The molecule has 0 saturated carbocycles. The van der Waals surface area contributed by atoms with Crippen molar-refractivity contribution in [1.29, 1.82) is 0 Å². The lowest BCUT2D eigenvalue weighted by molar-refractivity contribution is 0.239. The number of ether oxygens (including phenoxy) is 1. The van der Waals surface area contributed by atoms with Crippen LogP contribution in [0.3, 0.4) is 0 Å². The second kappa shape index (κ2) is 10.2. The van der Waals surface area contributed by atoms with Crippen LogP contribution < -0.4 is 15.4 Å². The number of carbonyl (C=O) groups is 1. The maximum Gasteiger partial charge on any atom is 0.314 e. The van der Waals surface area contributed by atoms with Crippen molar-refractivity contribution in [3.8, 4) is 5.75 Å². The van der Waals surface area contributed by atoms with Crippen LogP contribution in [0.25, 0.3) is 0 Å². The van der Waals surface area contributed by atoms with Gasteiger partial charge in [0.25, 0.3) is 0 Å². The number of nitrogens with one attached hydrogen (secondary N) is 2. The predicted octanol–water partition coefficient (Wildman–Crippen LogP) is 4.41. The van der Waals surface area contributed by atoms with Crippen LogP contribution in [0.1, 0.15) is 12.0 Å². The molecule has 0 saturated heterocycles. The summed E-state index contributed by atoms with van der Waals surface area (Å²) in [7, 11) is 0. The van der Waals surface area contributed by atoms with E-state index in [4.69, 9.17) is 16.3 Å². The Bertz CT molecular complexity index is 667. The Balaban J connectivity index is 1.54. The molecule has 0 aliphatic heterocycles. The molecule has 0 unspecified atom stereocenters. The van der Waals surface area contributed by atoms with Crippen LogP contribution in [0.2, 0.25) is 5.02 Å². The predicted molar refractivity (Wildman–Crippen MR) is 101 cm³/mol. The van der Waals surface area contributed by atoms with E-state index in [0.717, 1.165) is 10.9 Å². The molecule has 0 aliphatic carbocycles. The molecule has 128 valence electrons. The molecule has 0 atom stereocenters. The number of benzene rings is 2. The fraction of sp³-hybridized carbons (Fsp3) is 0.278. The molecule has 0 aromatic heterocycles. The van der Waals surface area contributed by atoms with Gasteiger partial charge in [0.1, 0.15) is 5.75 Å². The Labute approximate surface area is 155 Å². The molecule has 6 heteroatoms. The van der Waals surface area contributed by atoms with Gasteiger partial charge in [-0.3, -0.25) is 0 Å². The van der Waals surface area contributed by atoms with E-state index in [2.05, 4.69) is 26.6 Å². The number of rotatable bonds is 8. The Morgan fingerprint density at radius 2 is 1.88 bits per heavy atom. The van der Waals surface area contributed by atoms with Crippen molar-refractivity contribution in [2.45, 2.75) is 12.8 Å². The third kappa shape index (κ3) is 6.81. The van der Waals surface area contributed by atoms with Gasteiger partial charge < -0.3 is 15.4 Å². The molecule has 2 rings (SSSR count). The lowest BCUT2D eigenvalue weighted by Gasteiger charge is -2.09. The fourth-order valence-corrected chi connectivity index (χ4v) is 2.73. The summed E-state index contributed by atoms with van der Waals surface area (Å²) in [6.45, 7) is 1.65. The Kier molecular flexibility index (Phi) is 7.92. The quantitative estimate of drug-likeness (QED) is 0.632. The van der Waals surface area contributed by atoms with Crippen molar-refractivity contribution < 1.29 is 9.53 Å². The van der Waals surface area contributed by atoms with Gasteiger partial charge in [-0.25, -0.2) is 4.79 Å². The fourth-order valence-electron chi connectivity index (χ4n) is 2.09. The summed E-state index contributed by atoms with van der Waals surface area (Å²) >= 11 is 9.43. The first-order valence-electron chi connectivity index (χ1n) is 7.78. The highest BCUT2D eigenvalue weighted by Gasteiger charge is 2.01. The van der Waals surface area contributed by atoms with E-state index in [1.807, 2.05) is 42.5 Å². The first kappa shape index (κ1) is 18.6. The van der Waals surface area contributed by atoms with Crippen molar-refractivity contribution in [3.63, 3.8) is 0 Å². The van der Waals surface area contributed by atoms with Gasteiger partial charge in [-0.2, -0.15) is 0 Å². The molecule has 24 heavy (non-hydrogen) atoms. The molecule has 0 bridgehead atoms. The number of urea groups is 1. The third-order valence-corrected chi connectivity index (χ3v) is 4.09. The highest BCUT2D eigenvalue weighted by molar-refractivity contribution is 9.10. The highest BCUT2D eigenvalue weighted by Crippen LogP contribution is 2.22. The van der Waals surface area contributed by atoms with Gasteiger partial charge in [-0.1, -0.05) is 51.8 Å². The zero-order chi connectivity index (χ0) is 17.2. The smallest absolute Gasteiger partial charge is 0.314 e. The molecule has 4 nitrogen and oxygen atoms in total. The summed E-state index contributed by atoms with van der Waals surface area (Å²) in [6, 6.07) is 15.2. The number of para-hydroxylation sites is 1. The molecule has 2 amide bonds. The van der Waals surface area contributed by atoms with E-state index in [-0.39, 0.29) is 6.03 Å². The zero-order valence-electron chi connectivity index (χ0n) is 13.2. The molecule has 0 radical (unpaired) electrons. The maximum atomic E-state index is 11.7. The number of hydrogen-bond donors (Lipinski definition) is 2. The topological polar surface area (TPSA) is 50.4 Å². The highest BCUT2D eigenvalue weighted by atomic mass is 79.9. The van der Waals surface area contributed by atoms with Crippen molar-refractivity contribution in [2.75, 3.05) is 19.7 Å². The van der Waals surface area contributed by atoms with Crippen molar-refractivity contribution in [2.24, 2.45) is 0 Å². The minimum Gasteiger partial charge on any atom is -0.492 e. The standard InChI is InChI=1S/C18H20BrClN2O2/c19-15-6-3-5-14(13-15)9-11-22-18(23)21-10-4-12-24-17-8-2-1-7-16(17)20/h1-3,5-8,13H,4,9-12H2,(H2,21,22,23). The molecule has 2 N–H and O–H groups in total. The second-order valence-electron chi connectivity index (χ2n) is 5.20. The number of amides is 2. The van der Waals surface area contributed by atoms with E-state index in [9.17, 15) is 4.79 Å². The molecule has 0 aliphatic rings. The van der Waals surface area contributed by atoms with Crippen molar-refractivity contribution >= 4 is 33.6 Å². The van der Waals surface area contributed by atoms with E-state index in [1.165, 1.54) is 5.56 Å². The molecule has 0 fully saturated rings. The summed E-state index contributed by atoms with van der Waals surface area (Å²) in [6.07, 6.45) is 1.51. The Hall–Kier alpha value is -1.72. The molecule has 2 aromatic carbocycles. The van der Waals surface area contributed by atoms with Gasteiger partial charge in [-0.05, 0) is 42.7 Å². The summed E-state index contributed by atoms with van der Waals surface area (Å²) in [5.74, 6) is 0.664. The Morgan fingerprint density at radius 3 is 2.67 bits per heavy atom. The Morgan fingerprint density at radius 1 is 1.08 bits per heavy atom. The van der Waals surface area contributed by atoms with E-state index < -0.39 is 0 Å². The summed E-state index contributed by atoms with van der Waals surface area (Å²) in [4.78, 5) is 11.7. The van der Waals surface area contributed by atoms with Crippen LogP contribution in [0, 0.1) is 0 Å². The normalized spacial score (nSPS) is 10.2. The number of hydrogen-bond acceptors (Lipinski definition) is 2. The van der Waals surface area contributed by atoms with E-state index >= 15 is 0 Å². The molecule has 0 spiro atoms. The van der Waals surface area contributed by atoms with Crippen LogP contribution in [-0.2, 0) is 6.42 Å². The van der Waals surface area contributed by atoms with Crippen molar-refractivity contribution in [1.82, 2.24) is 10.6 Å². The number of carbonyl (C=O) groups excluding carboxylic acids is 1. The summed E-state index contributed by atoms with van der Waals surface area (Å²) in [5.41, 5.74) is 1.18. The second-order valence-corrected chi connectivity index (χ2v) is 6.52. The summed E-state index contributed by atoms with van der Waals surface area (Å²) < 4.78 is 6.61. The van der Waals surface area contributed by atoms with Crippen LogP contribution in [0.4, 0.5) is 4.79 Å². The van der Waals surface area contributed by atoms with Gasteiger partial charge in [0.05, 0.1) is 11.6 Å². The minimum absolute atomic E-state index is 0.164. The molecular weight excluding hydrogens is 392 g/mol. The van der Waals surface area contributed by atoms with Gasteiger partial charge in [0.2, 0.25) is 0 Å². The first-order valence-corrected chi connectivity index (χ1v) is 8.96. The van der Waals surface area contributed by atoms with E-state index in [1.54, 1.807) is 6.07 Å². The van der Waals surface area contributed by atoms with Gasteiger partial charge in [-0.15, -0.1) is 0 Å².